The molecule has 8 heteroatoms. The van der Waals surface area contributed by atoms with Gasteiger partial charge in [-0.3, -0.25) is 19.7 Å². The first kappa shape index (κ1) is 16.6. The standard InChI is InChI=1S/C15H15N3O4S/c1-3-11-8(2)23-15(12(11)13(16)19)17-14(20)9-4-6-10(7-5-9)18(21)22/h4-7H,3H2,1-2H3,(H2,16,19)(H,17,20). The first-order valence-electron chi connectivity index (χ1n) is 6.83. The predicted molar refractivity (Wildman–Crippen MR) is 88.0 cm³/mol. The minimum atomic E-state index is -0.592. The van der Waals surface area contributed by atoms with E-state index in [0.717, 1.165) is 10.4 Å². The molecule has 7 nitrogen and oxygen atoms in total. The minimum Gasteiger partial charge on any atom is -0.365 e. The van der Waals surface area contributed by atoms with Crippen molar-refractivity contribution in [3.63, 3.8) is 0 Å². The van der Waals surface area contributed by atoms with Crippen molar-refractivity contribution < 1.29 is 14.5 Å². The number of nitrogens with zero attached hydrogens (tertiary/aromatic N) is 1. The molecule has 0 aliphatic heterocycles. The molecule has 0 saturated heterocycles. The summed E-state index contributed by atoms with van der Waals surface area (Å²) in [6.45, 7) is 3.76. The van der Waals surface area contributed by atoms with Crippen molar-refractivity contribution in [3.05, 3.63) is 55.9 Å². The molecule has 0 atom stereocenters. The molecule has 0 saturated carbocycles. The summed E-state index contributed by atoms with van der Waals surface area (Å²) < 4.78 is 0. The Morgan fingerprint density at radius 3 is 2.39 bits per heavy atom. The number of carbonyl (C=O) groups is 2. The fourth-order valence-electron chi connectivity index (χ4n) is 2.26. The molecule has 1 heterocycles. The molecule has 0 aliphatic carbocycles. The number of amides is 2. The number of hydrogen-bond donors (Lipinski definition) is 2. The molecular weight excluding hydrogens is 318 g/mol. The van der Waals surface area contributed by atoms with Crippen molar-refractivity contribution in [2.45, 2.75) is 20.3 Å². The number of hydrogen-bond acceptors (Lipinski definition) is 5. The average molecular weight is 333 g/mol. The van der Waals surface area contributed by atoms with Gasteiger partial charge in [-0.15, -0.1) is 11.3 Å². The second-order valence-corrected chi connectivity index (χ2v) is 6.04. The van der Waals surface area contributed by atoms with Crippen LogP contribution in [0.5, 0.6) is 0 Å². The summed E-state index contributed by atoms with van der Waals surface area (Å²) in [7, 11) is 0. The third-order valence-electron chi connectivity index (χ3n) is 3.38. The summed E-state index contributed by atoms with van der Waals surface area (Å²) in [5.74, 6) is -1.04. The maximum Gasteiger partial charge on any atom is 0.269 e. The summed E-state index contributed by atoms with van der Waals surface area (Å²) >= 11 is 1.28. The van der Waals surface area contributed by atoms with Gasteiger partial charge in [-0.25, -0.2) is 0 Å². The Labute approximate surface area is 136 Å². The summed E-state index contributed by atoms with van der Waals surface area (Å²) in [5, 5.41) is 13.7. The molecule has 0 fully saturated rings. The first-order valence-corrected chi connectivity index (χ1v) is 7.64. The minimum absolute atomic E-state index is 0.0976. The van der Waals surface area contributed by atoms with Gasteiger partial charge in [-0.05, 0) is 31.0 Å². The van der Waals surface area contributed by atoms with Crippen LogP contribution in [0, 0.1) is 17.0 Å². The Hall–Kier alpha value is -2.74. The maximum atomic E-state index is 12.3. The number of aryl methyl sites for hydroxylation is 1. The second-order valence-electron chi connectivity index (χ2n) is 4.82. The highest BCUT2D eigenvalue weighted by Crippen LogP contribution is 2.33. The Morgan fingerprint density at radius 2 is 1.91 bits per heavy atom. The van der Waals surface area contributed by atoms with Gasteiger partial charge in [0.15, 0.2) is 0 Å². The highest BCUT2D eigenvalue weighted by atomic mass is 32.1. The van der Waals surface area contributed by atoms with Crippen LogP contribution in [0.3, 0.4) is 0 Å². The van der Waals surface area contributed by atoms with Gasteiger partial charge in [-0.1, -0.05) is 6.92 Å². The maximum absolute atomic E-state index is 12.3. The van der Waals surface area contributed by atoms with E-state index < -0.39 is 16.7 Å². The summed E-state index contributed by atoms with van der Waals surface area (Å²) in [6, 6.07) is 5.22. The van der Waals surface area contributed by atoms with E-state index in [1.807, 2.05) is 13.8 Å². The molecule has 1 aromatic carbocycles. The SMILES string of the molecule is CCc1c(C)sc(NC(=O)c2ccc([N+](=O)[O-])cc2)c1C(N)=O. The monoisotopic (exact) mass is 333 g/mol. The second kappa shape index (κ2) is 6.57. The van der Waals surface area contributed by atoms with Crippen LogP contribution in [0.4, 0.5) is 10.7 Å². The zero-order valence-corrected chi connectivity index (χ0v) is 13.4. The lowest BCUT2D eigenvalue weighted by Crippen LogP contribution is -2.17. The van der Waals surface area contributed by atoms with Crippen molar-refractivity contribution in [2.75, 3.05) is 5.32 Å². The largest absolute Gasteiger partial charge is 0.365 e. The number of carbonyl (C=O) groups excluding carboxylic acids is 2. The topological polar surface area (TPSA) is 115 Å². The molecule has 0 unspecified atom stereocenters. The van der Waals surface area contributed by atoms with E-state index in [-0.39, 0.29) is 11.3 Å². The predicted octanol–water partition coefficient (Wildman–Crippen LogP) is 2.88. The number of nitro benzene ring substituents is 1. The number of nitrogens with one attached hydrogen (secondary N) is 1. The Morgan fingerprint density at radius 1 is 1.30 bits per heavy atom. The Bertz CT molecular complexity index is 781. The van der Waals surface area contributed by atoms with Gasteiger partial charge in [0.25, 0.3) is 17.5 Å². The molecule has 0 bridgehead atoms. The van der Waals surface area contributed by atoms with Gasteiger partial charge in [0.2, 0.25) is 0 Å². The molecular formula is C15H15N3O4S. The fourth-order valence-corrected chi connectivity index (χ4v) is 3.41. The number of primary amides is 1. The lowest BCUT2D eigenvalue weighted by molar-refractivity contribution is -0.384. The summed E-state index contributed by atoms with van der Waals surface area (Å²) in [5.41, 5.74) is 6.72. The normalized spacial score (nSPS) is 10.3. The quantitative estimate of drug-likeness (QED) is 0.646. The van der Waals surface area contributed by atoms with Crippen LogP contribution in [0.25, 0.3) is 0 Å². The van der Waals surface area contributed by atoms with Crippen LogP contribution in [0.15, 0.2) is 24.3 Å². The van der Waals surface area contributed by atoms with Gasteiger partial charge in [0, 0.05) is 22.6 Å². The van der Waals surface area contributed by atoms with Crippen LogP contribution in [-0.2, 0) is 6.42 Å². The highest BCUT2D eigenvalue weighted by molar-refractivity contribution is 7.16. The Balaban J connectivity index is 2.30. The van der Waals surface area contributed by atoms with Crippen LogP contribution in [-0.4, -0.2) is 16.7 Å². The number of benzene rings is 1. The van der Waals surface area contributed by atoms with Crippen LogP contribution in [0.1, 0.15) is 38.1 Å². The van der Waals surface area contributed by atoms with E-state index >= 15 is 0 Å². The van der Waals surface area contributed by atoms with E-state index in [4.69, 9.17) is 5.73 Å². The van der Waals surface area contributed by atoms with Crippen molar-refractivity contribution in [1.82, 2.24) is 0 Å². The summed E-state index contributed by atoms with van der Waals surface area (Å²) in [6.07, 6.45) is 0.633. The van der Waals surface area contributed by atoms with Crippen molar-refractivity contribution >= 4 is 33.8 Å². The number of nitrogens with two attached hydrogens (primary N) is 1. The molecule has 2 rings (SSSR count). The van der Waals surface area contributed by atoms with Gasteiger partial charge in [-0.2, -0.15) is 0 Å². The molecule has 0 radical (unpaired) electrons. The van der Waals surface area contributed by atoms with Crippen LogP contribution in [0.2, 0.25) is 0 Å². The van der Waals surface area contributed by atoms with Crippen LogP contribution < -0.4 is 11.1 Å². The number of non-ortho nitro benzene ring substituents is 1. The zero-order valence-electron chi connectivity index (χ0n) is 12.6. The highest BCUT2D eigenvalue weighted by Gasteiger charge is 2.21. The molecule has 0 spiro atoms. The molecule has 0 aliphatic rings. The van der Waals surface area contributed by atoms with E-state index in [9.17, 15) is 19.7 Å². The molecule has 1 aromatic heterocycles. The number of rotatable bonds is 5. The molecule has 23 heavy (non-hydrogen) atoms. The molecule has 3 N–H and O–H groups in total. The van der Waals surface area contributed by atoms with E-state index in [2.05, 4.69) is 5.32 Å². The smallest absolute Gasteiger partial charge is 0.269 e. The lowest BCUT2D eigenvalue weighted by atomic mass is 10.1. The molecule has 2 aromatic rings. The third kappa shape index (κ3) is 3.37. The molecule has 120 valence electrons. The van der Waals surface area contributed by atoms with E-state index in [1.54, 1.807) is 0 Å². The van der Waals surface area contributed by atoms with Gasteiger partial charge in [0.1, 0.15) is 5.00 Å². The average Bonchev–Trinajstić information content (AvgIpc) is 2.82. The van der Waals surface area contributed by atoms with Gasteiger partial charge in [0.05, 0.1) is 10.5 Å². The number of thiophene rings is 1. The molecule has 2 amide bonds. The van der Waals surface area contributed by atoms with Crippen LogP contribution >= 0.6 is 11.3 Å². The van der Waals surface area contributed by atoms with Crippen molar-refractivity contribution in [3.8, 4) is 0 Å². The van der Waals surface area contributed by atoms with E-state index in [1.165, 1.54) is 35.6 Å². The first-order chi connectivity index (χ1) is 10.8. The van der Waals surface area contributed by atoms with E-state index in [0.29, 0.717) is 17.0 Å². The lowest BCUT2D eigenvalue weighted by Gasteiger charge is -2.05. The fraction of sp³-hybridized carbons (Fsp3) is 0.200. The van der Waals surface area contributed by atoms with Gasteiger partial charge >= 0.3 is 0 Å². The van der Waals surface area contributed by atoms with Gasteiger partial charge < -0.3 is 11.1 Å². The Kier molecular flexibility index (Phi) is 4.75. The third-order valence-corrected chi connectivity index (χ3v) is 4.44. The van der Waals surface area contributed by atoms with Crippen molar-refractivity contribution in [2.24, 2.45) is 5.73 Å². The zero-order chi connectivity index (χ0) is 17.1. The number of nitro groups is 1. The van der Waals surface area contributed by atoms with Crippen molar-refractivity contribution in [1.29, 1.82) is 0 Å². The summed E-state index contributed by atoms with van der Waals surface area (Å²) in [4.78, 5) is 34.9. The number of anilines is 1.